The van der Waals surface area contributed by atoms with Crippen LogP contribution in [0.4, 0.5) is 18.0 Å². The summed E-state index contributed by atoms with van der Waals surface area (Å²) in [6.07, 6.45) is -3.76. The smallest absolute Gasteiger partial charge is 0.428 e. The van der Waals surface area contributed by atoms with Crippen molar-refractivity contribution in [3.63, 3.8) is 0 Å². The van der Waals surface area contributed by atoms with Gasteiger partial charge >= 0.3 is 18.0 Å². The van der Waals surface area contributed by atoms with E-state index in [9.17, 15) is 32.7 Å². The zero-order valence-corrected chi connectivity index (χ0v) is 19.4. The van der Waals surface area contributed by atoms with Gasteiger partial charge in [0, 0.05) is 6.61 Å². The highest BCUT2D eigenvalue weighted by Gasteiger charge is 2.32. The van der Waals surface area contributed by atoms with Crippen LogP contribution in [0.15, 0.2) is 14.7 Å². The van der Waals surface area contributed by atoms with Crippen molar-refractivity contribution in [2.24, 2.45) is 5.10 Å². The van der Waals surface area contributed by atoms with Crippen molar-refractivity contribution in [2.75, 3.05) is 6.61 Å². The Morgan fingerprint density at radius 1 is 1.30 bits per heavy atom. The van der Waals surface area contributed by atoms with Gasteiger partial charge in [0.25, 0.3) is 5.56 Å². The number of amides is 1. The summed E-state index contributed by atoms with van der Waals surface area (Å²) in [4.78, 5) is 38.0. The molecule has 182 valence electrons. The van der Waals surface area contributed by atoms with E-state index in [1.54, 1.807) is 20.8 Å². The van der Waals surface area contributed by atoms with Crippen LogP contribution in [0.5, 0.6) is 0 Å². The van der Waals surface area contributed by atoms with Gasteiger partial charge in [0.2, 0.25) is 0 Å². The monoisotopic (exact) mass is 490 g/mol. The number of carbonyl (C=O) groups is 1. The molecule has 0 bridgehead atoms. The van der Waals surface area contributed by atoms with Crippen molar-refractivity contribution < 1.29 is 27.8 Å². The molecule has 2 aromatic rings. The highest BCUT2D eigenvalue weighted by atomic mass is 32.1. The number of carboxylic acid groups (broad SMARTS) is 1. The number of alkyl halides is 3. The normalized spacial score (nSPS) is 17.4. The summed E-state index contributed by atoms with van der Waals surface area (Å²) in [5.41, 5.74) is -2.64. The van der Waals surface area contributed by atoms with Gasteiger partial charge in [0.05, 0.1) is 34.7 Å². The molecule has 2 aromatic heterocycles. The van der Waals surface area contributed by atoms with E-state index in [1.807, 2.05) is 0 Å². The number of hydrazone groups is 1. The van der Waals surface area contributed by atoms with Gasteiger partial charge in [-0.05, 0) is 46.1 Å². The van der Waals surface area contributed by atoms with E-state index in [1.165, 1.54) is 13.1 Å². The van der Waals surface area contributed by atoms with E-state index in [0.29, 0.717) is 23.5 Å². The average Bonchev–Trinajstić information content (AvgIpc) is 3.28. The highest BCUT2D eigenvalue weighted by Crippen LogP contribution is 2.28. The molecular formula is C20H25F3N4O5S. The number of hydrogen-bond donors (Lipinski definition) is 1. The molecule has 1 fully saturated rings. The Hall–Kier alpha value is -2.67. The van der Waals surface area contributed by atoms with Crippen molar-refractivity contribution in [3.8, 4) is 0 Å². The minimum Gasteiger partial charge on any atom is -0.464 e. The number of hydrogen-bond acceptors (Lipinski definition) is 6. The quantitative estimate of drug-likeness (QED) is 0.511. The highest BCUT2D eigenvalue weighted by molar-refractivity contribution is 7.20. The Kier molecular flexibility index (Phi) is 6.76. The van der Waals surface area contributed by atoms with E-state index < -0.39 is 35.6 Å². The van der Waals surface area contributed by atoms with Gasteiger partial charge < -0.3 is 9.84 Å². The fraction of sp³-hybridized carbons (Fsp3) is 0.600. The van der Waals surface area contributed by atoms with Crippen molar-refractivity contribution in [2.45, 2.75) is 71.4 Å². The van der Waals surface area contributed by atoms with E-state index in [0.717, 1.165) is 27.3 Å². The molecule has 3 rings (SSSR count). The zero-order valence-electron chi connectivity index (χ0n) is 18.6. The minimum absolute atomic E-state index is 0.00719. The topological polar surface area (TPSA) is 106 Å². The Morgan fingerprint density at radius 3 is 2.48 bits per heavy atom. The van der Waals surface area contributed by atoms with Gasteiger partial charge in [-0.2, -0.15) is 23.3 Å². The predicted molar refractivity (Wildman–Crippen MR) is 117 cm³/mol. The number of thiophene rings is 1. The van der Waals surface area contributed by atoms with Crippen LogP contribution in [-0.2, 0) is 17.8 Å². The largest absolute Gasteiger partial charge is 0.464 e. The second-order valence-corrected chi connectivity index (χ2v) is 9.85. The fourth-order valence-electron chi connectivity index (χ4n) is 3.63. The van der Waals surface area contributed by atoms with Crippen LogP contribution < -0.4 is 11.2 Å². The third kappa shape index (κ3) is 5.29. The predicted octanol–water partition coefficient (Wildman–Crippen LogP) is 3.39. The van der Waals surface area contributed by atoms with Gasteiger partial charge in [0.15, 0.2) is 0 Å². The van der Waals surface area contributed by atoms with Crippen LogP contribution in [0.1, 0.15) is 44.1 Å². The maximum Gasteiger partial charge on any atom is 0.428 e. The van der Waals surface area contributed by atoms with E-state index in [-0.39, 0.29) is 27.4 Å². The first kappa shape index (κ1) is 25.0. The second kappa shape index (κ2) is 8.93. The maximum atomic E-state index is 13.1. The first-order valence-electron chi connectivity index (χ1n) is 10.2. The summed E-state index contributed by atoms with van der Waals surface area (Å²) < 4.78 is 46.3. The minimum atomic E-state index is -4.76. The van der Waals surface area contributed by atoms with Crippen LogP contribution in [0.25, 0.3) is 10.2 Å². The maximum absolute atomic E-state index is 13.1. The summed E-state index contributed by atoms with van der Waals surface area (Å²) in [6.45, 7) is 5.25. The summed E-state index contributed by atoms with van der Waals surface area (Å²) in [6, 6.07) is 0. The lowest BCUT2D eigenvalue weighted by molar-refractivity contribution is -0.142. The standard InChI is InChI=1S/C20H25F3N4O5S/c1-11-13(8-24-27(18(30)31)19(2,3)4)33-16-14(11)15(28)26(10-20(21,22)23)17(29)25(16)9-12-6-5-7-32-12/h8,12H,5-7,9-10H2,1-4H3,(H,30,31)/b24-8+. The van der Waals surface area contributed by atoms with Crippen LogP contribution >= 0.6 is 11.3 Å². The number of aryl methyl sites for hydroxylation is 1. The molecule has 3 heterocycles. The summed E-state index contributed by atoms with van der Waals surface area (Å²) in [5.74, 6) is 0. The molecule has 0 spiro atoms. The number of halogens is 3. The molecule has 1 atom stereocenters. The van der Waals surface area contributed by atoms with Crippen molar-refractivity contribution in [3.05, 3.63) is 31.3 Å². The third-order valence-electron chi connectivity index (χ3n) is 5.19. The summed E-state index contributed by atoms with van der Waals surface area (Å²) in [7, 11) is 0. The molecule has 1 saturated heterocycles. The van der Waals surface area contributed by atoms with Crippen LogP contribution in [0, 0.1) is 6.92 Å². The molecule has 1 aliphatic heterocycles. The molecule has 13 heteroatoms. The molecular weight excluding hydrogens is 465 g/mol. The lowest BCUT2D eigenvalue weighted by Gasteiger charge is -2.27. The van der Waals surface area contributed by atoms with E-state index in [2.05, 4.69) is 5.10 Å². The van der Waals surface area contributed by atoms with Crippen molar-refractivity contribution in [1.82, 2.24) is 14.1 Å². The number of ether oxygens (including phenoxy) is 1. The number of aromatic nitrogens is 2. The summed E-state index contributed by atoms with van der Waals surface area (Å²) in [5, 5.41) is 14.2. The van der Waals surface area contributed by atoms with Crippen molar-refractivity contribution >= 4 is 33.9 Å². The molecule has 33 heavy (non-hydrogen) atoms. The molecule has 0 aliphatic carbocycles. The van der Waals surface area contributed by atoms with Gasteiger partial charge in [-0.3, -0.25) is 13.9 Å². The number of nitrogens with zero attached hydrogens (tertiary/aromatic N) is 4. The number of rotatable bonds is 5. The fourth-order valence-corrected chi connectivity index (χ4v) is 4.79. The van der Waals surface area contributed by atoms with Crippen LogP contribution in [0.2, 0.25) is 0 Å². The Balaban J connectivity index is 2.21. The van der Waals surface area contributed by atoms with Crippen molar-refractivity contribution in [1.29, 1.82) is 0 Å². The number of fused-ring (bicyclic) bond motifs is 1. The Morgan fingerprint density at radius 2 is 1.97 bits per heavy atom. The third-order valence-corrected chi connectivity index (χ3v) is 6.44. The molecule has 9 nitrogen and oxygen atoms in total. The van der Waals surface area contributed by atoms with E-state index in [4.69, 9.17) is 4.74 Å². The first-order valence-corrected chi connectivity index (χ1v) is 11.0. The molecule has 0 saturated carbocycles. The molecule has 1 N–H and O–H groups in total. The lowest BCUT2D eigenvalue weighted by atomic mass is 10.1. The molecule has 1 unspecified atom stereocenters. The second-order valence-electron chi connectivity index (χ2n) is 8.82. The Bertz CT molecular complexity index is 1200. The molecule has 1 amide bonds. The van der Waals surface area contributed by atoms with Crippen LogP contribution in [-0.4, -0.2) is 56.0 Å². The van der Waals surface area contributed by atoms with E-state index >= 15 is 0 Å². The van der Waals surface area contributed by atoms with Gasteiger partial charge in [-0.25, -0.2) is 9.59 Å². The first-order chi connectivity index (χ1) is 15.2. The van der Waals surface area contributed by atoms with Crippen LogP contribution in [0.3, 0.4) is 0 Å². The zero-order chi connectivity index (χ0) is 24.7. The molecule has 0 aromatic carbocycles. The summed E-state index contributed by atoms with van der Waals surface area (Å²) >= 11 is 0.997. The van der Waals surface area contributed by atoms with Gasteiger partial charge in [0.1, 0.15) is 11.4 Å². The lowest BCUT2D eigenvalue weighted by Crippen LogP contribution is -2.44. The molecule has 1 aliphatic rings. The average molecular weight is 491 g/mol. The SMILES string of the molecule is Cc1c(/C=N/N(C(=O)O)C(C)(C)C)sc2c1c(=O)n(CC(F)(F)F)c(=O)n2CC1CCCO1. The molecule has 0 radical (unpaired) electrons. The van der Waals surface area contributed by atoms with Gasteiger partial charge in [-0.15, -0.1) is 11.3 Å². The Labute approximate surface area is 190 Å². The van der Waals surface area contributed by atoms with Gasteiger partial charge in [-0.1, -0.05) is 0 Å².